The summed E-state index contributed by atoms with van der Waals surface area (Å²) in [5, 5.41) is 4.46. The molecule has 0 aliphatic heterocycles. The lowest BCUT2D eigenvalue weighted by Crippen LogP contribution is -2.00. The number of fused-ring (bicyclic) bond motifs is 1. The number of unbranched alkanes of at least 4 members (excludes halogenated alkanes) is 3. The number of benzene rings is 1. The van der Waals surface area contributed by atoms with Gasteiger partial charge in [0.15, 0.2) is 0 Å². The Morgan fingerprint density at radius 1 is 1.00 bits per heavy atom. The van der Waals surface area contributed by atoms with E-state index in [1.165, 1.54) is 12.8 Å². The Bertz CT molecular complexity index is 778. The van der Waals surface area contributed by atoms with Crippen LogP contribution < -0.4 is 5.73 Å². The third-order valence-corrected chi connectivity index (χ3v) is 3.99. The van der Waals surface area contributed by atoms with Crippen LogP contribution in [-0.4, -0.2) is 26.3 Å². The van der Waals surface area contributed by atoms with Crippen LogP contribution in [0, 0.1) is 6.92 Å². The zero-order valence-corrected chi connectivity index (χ0v) is 13.6. The Morgan fingerprint density at radius 2 is 1.74 bits per heavy atom. The van der Waals surface area contributed by atoms with Gasteiger partial charge in [-0.05, 0) is 38.4 Å². The van der Waals surface area contributed by atoms with Gasteiger partial charge in [-0.15, -0.1) is 0 Å². The van der Waals surface area contributed by atoms with Crippen molar-refractivity contribution in [2.45, 2.75) is 39.2 Å². The fraction of sp³-hybridized carbons (Fsp3) is 0.389. The number of aryl methyl sites for hydroxylation is 2. The summed E-state index contributed by atoms with van der Waals surface area (Å²) in [6, 6.07) is 7.96. The molecule has 0 spiro atoms. The Labute approximate surface area is 136 Å². The minimum atomic E-state index is 0.784. The van der Waals surface area contributed by atoms with Gasteiger partial charge in [0.05, 0.1) is 28.6 Å². The molecule has 120 valence electrons. The van der Waals surface area contributed by atoms with Gasteiger partial charge < -0.3 is 5.73 Å². The van der Waals surface area contributed by atoms with E-state index in [1.807, 2.05) is 42.1 Å². The molecule has 2 N–H and O–H groups in total. The molecule has 0 fully saturated rings. The van der Waals surface area contributed by atoms with E-state index in [-0.39, 0.29) is 0 Å². The number of rotatable bonds is 7. The molecule has 3 aromatic rings. The Hall–Kier alpha value is -2.27. The van der Waals surface area contributed by atoms with Gasteiger partial charge in [-0.3, -0.25) is 4.68 Å². The molecule has 0 aliphatic rings. The summed E-state index contributed by atoms with van der Waals surface area (Å²) in [5.74, 6) is 0. The Morgan fingerprint density at radius 3 is 2.52 bits per heavy atom. The molecule has 0 unspecified atom stereocenters. The predicted molar refractivity (Wildman–Crippen MR) is 93.0 cm³/mol. The first-order valence-corrected chi connectivity index (χ1v) is 8.24. The largest absolute Gasteiger partial charge is 0.330 e. The van der Waals surface area contributed by atoms with Gasteiger partial charge in [-0.2, -0.15) is 5.10 Å². The number of hydrogen-bond donors (Lipinski definition) is 1. The minimum Gasteiger partial charge on any atom is -0.330 e. The summed E-state index contributed by atoms with van der Waals surface area (Å²) in [6.07, 6.45) is 8.57. The molecular weight excluding hydrogens is 286 g/mol. The highest BCUT2D eigenvalue weighted by atomic mass is 15.3. The summed E-state index contributed by atoms with van der Waals surface area (Å²) in [7, 11) is 0. The lowest BCUT2D eigenvalue weighted by molar-refractivity contribution is 0.537. The van der Waals surface area contributed by atoms with Gasteiger partial charge in [-0.1, -0.05) is 25.0 Å². The monoisotopic (exact) mass is 309 g/mol. The van der Waals surface area contributed by atoms with Crippen LogP contribution in [0.2, 0.25) is 0 Å². The zero-order valence-electron chi connectivity index (χ0n) is 13.6. The molecule has 23 heavy (non-hydrogen) atoms. The van der Waals surface area contributed by atoms with E-state index < -0.39 is 0 Å². The van der Waals surface area contributed by atoms with Crippen molar-refractivity contribution in [1.29, 1.82) is 0 Å². The Kier molecular flexibility index (Phi) is 4.98. The van der Waals surface area contributed by atoms with Crippen LogP contribution >= 0.6 is 0 Å². The molecule has 0 atom stereocenters. The van der Waals surface area contributed by atoms with E-state index in [4.69, 9.17) is 10.7 Å². The van der Waals surface area contributed by atoms with Gasteiger partial charge in [0, 0.05) is 18.3 Å². The fourth-order valence-electron chi connectivity index (χ4n) is 2.74. The highest BCUT2D eigenvalue weighted by Gasteiger charge is 2.09. The molecule has 3 rings (SSSR count). The van der Waals surface area contributed by atoms with Gasteiger partial charge in [-0.25, -0.2) is 9.97 Å². The van der Waals surface area contributed by atoms with Crippen molar-refractivity contribution in [3.63, 3.8) is 0 Å². The molecule has 0 saturated heterocycles. The third-order valence-electron chi connectivity index (χ3n) is 3.99. The molecule has 0 saturated carbocycles. The van der Waals surface area contributed by atoms with E-state index in [1.54, 1.807) is 0 Å². The third kappa shape index (κ3) is 3.74. The molecule has 0 bridgehead atoms. The maximum atomic E-state index is 5.51. The van der Waals surface area contributed by atoms with Gasteiger partial charge >= 0.3 is 0 Å². The molecule has 5 nitrogen and oxygen atoms in total. The topological polar surface area (TPSA) is 69.6 Å². The first-order chi connectivity index (χ1) is 11.3. The first-order valence-electron chi connectivity index (χ1n) is 8.24. The van der Waals surface area contributed by atoms with Crippen LogP contribution in [0.4, 0.5) is 0 Å². The maximum Gasteiger partial charge on any atom is 0.0953 e. The molecule has 1 aromatic carbocycles. The lowest BCUT2D eigenvalue weighted by Gasteiger charge is -2.04. The second-order valence-electron chi connectivity index (χ2n) is 5.84. The fourth-order valence-corrected chi connectivity index (χ4v) is 2.74. The van der Waals surface area contributed by atoms with E-state index in [9.17, 15) is 0 Å². The molecule has 0 amide bonds. The smallest absolute Gasteiger partial charge is 0.0953 e. The predicted octanol–water partition coefficient (Wildman–Crippen LogP) is 3.32. The van der Waals surface area contributed by atoms with Crippen LogP contribution in [0.5, 0.6) is 0 Å². The van der Waals surface area contributed by atoms with Crippen molar-refractivity contribution in [3.05, 3.63) is 42.4 Å². The summed E-state index contributed by atoms with van der Waals surface area (Å²) in [5.41, 5.74) is 10.2. The van der Waals surface area contributed by atoms with Crippen molar-refractivity contribution in [1.82, 2.24) is 19.7 Å². The molecule has 2 heterocycles. The van der Waals surface area contributed by atoms with Gasteiger partial charge in [0.2, 0.25) is 0 Å². The van der Waals surface area contributed by atoms with Crippen LogP contribution in [0.25, 0.3) is 22.3 Å². The van der Waals surface area contributed by atoms with Crippen molar-refractivity contribution in [2.75, 3.05) is 6.54 Å². The minimum absolute atomic E-state index is 0.784. The second kappa shape index (κ2) is 7.33. The first kappa shape index (κ1) is 15.6. The van der Waals surface area contributed by atoms with E-state index in [2.05, 4.69) is 16.3 Å². The maximum absolute atomic E-state index is 5.51. The molecule has 0 aliphatic carbocycles. The van der Waals surface area contributed by atoms with E-state index in [0.717, 1.165) is 53.9 Å². The standard InChI is InChI=1S/C18H23N5/c1-14-18(22-17-9-5-4-8-16(17)21-14)15-12-20-23(13-15)11-7-3-2-6-10-19/h4-5,8-9,12-13H,2-3,6-7,10-11,19H2,1H3. The Balaban J connectivity index is 1.73. The average Bonchev–Trinajstić information content (AvgIpc) is 3.02. The molecule has 0 radical (unpaired) electrons. The van der Waals surface area contributed by atoms with Gasteiger partial charge in [0.25, 0.3) is 0 Å². The summed E-state index contributed by atoms with van der Waals surface area (Å²) in [4.78, 5) is 9.40. The average molecular weight is 309 g/mol. The molecule has 2 aromatic heterocycles. The molecule has 5 heteroatoms. The molecular formula is C18H23N5. The van der Waals surface area contributed by atoms with E-state index in [0.29, 0.717) is 0 Å². The van der Waals surface area contributed by atoms with Crippen LogP contribution in [0.3, 0.4) is 0 Å². The normalized spacial score (nSPS) is 11.2. The highest BCUT2D eigenvalue weighted by molar-refractivity contribution is 5.77. The van der Waals surface area contributed by atoms with Crippen molar-refractivity contribution in [3.8, 4) is 11.3 Å². The van der Waals surface area contributed by atoms with Crippen LogP contribution in [0.1, 0.15) is 31.4 Å². The van der Waals surface area contributed by atoms with E-state index >= 15 is 0 Å². The van der Waals surface area contributed by atoms with Gasteiger partial charge in [0.1, 0.15) is 0 Å². The number of hydrogen-bond acceptors (Lipinski definition) is 4. The zero-order chi connectivity index (χ0) is 16.1. The highest BCUT2D eigenvalue weighted by Crippen LogP contribution is 2.22. The van der Waals surface area contributed by atoms with Crippen molar-refractivity contribution < 1.29 is 0 Å². The number of para-hydroxylation sites is 2. The number of nitrogens with two attached hydrogens (primary N) is 1. The summed E-state index contributed by atoms with van der Waals surface area (Å²) >= 11 is 0. The van der Waals surface area contributed by atoms with Crippen molar-refractivity contribution >= 4 is 11.0 Å². The summed E-state index contributed by atoms with van der Waals surface area (Å²) < 4.78 is 1.99. The van der Waals surface area contributed by atoms with Crippen LogP contribution in [-0.2, 0) is 6.54 Å². The SMILES string of the molecule is Cc1nc2ccccc2nc1-c1cnn(CCCCCCN)c1. The number of nitrogens with zero attached hydrogens (tertiary/aromatic N) is 4. The quantitative estimate of drug-likeness (QED) is 0.680. The second-order valence-corrected chi connectivity index (χ2v) is 5.84. The lowest BCUT2D eigenvalue weighted by atomic mass is 10.2. The van der Waals surface area contributed by atoms with Crippen LogP contribution in [0.15, 0.2) is 36.7 Å². The van der Waals surface area contributed by atoms with Crippen molar-refractivity contribution in [2.24, 2.45) is 5.73 Å². The summed E-state index contributed by atoms with van der Waals surface area (Å²) in [6.45, 7) is 3.72. The number of aromatic nitrogens is 4.